The van der Waals surface area contributed by atoms with Crippen LogP contribution in [0.3, 0.4) is 0 Å². The van der Waals surface area contributed by atoms with E-state index < -0.39 is 6.10 Å². The lowest BCUT2D eigenvalue weighted by molar-refractivity contribution is -0.125. The fourth-order valence-electron chi connectivity index (χ4n) is 2.66. The van der Waals surface area contributed by atoms with Crippen molar-refractivity contribution >= 4 is 11.6 Å². The molecular weight excluding hydrogens is 266 g/mol. The lowest BCUT2D eigenvalue weighted by Crippen LogP contribution is -2.45. The van der Waals surface area contributed by atoms with Crippen LogP contribution in [-0.4, -0.2) is 28.1 Å². The zero-order chi connectivity index (χ0) is 14.8. The van der Waals surface area contributed by atoms with E-state index in [1.54, 1.807) is 13.1 Å². The minimum Gasteiger partial charge on any atom is -0.479 e. The van der Waals surface area contributed by atoms with Crippen LogP contribution in [0.1, 0.15) is 19.7 Å². The smallest absolute Gasteiger partial charge is 0.267 e. The Hall–Kier alpha value is -2.30. The fraction of sp³-hybridized carbons (Fsp3) is 0.375. The molecule has 21 heavy (non-hydrogen) atoms. The number of benzene rings is 1. The van der Waals surface area contributed by atoms with Gasteiger partial charge in [-0.2, -0.15) is 0 Å². The van der Waals surface area contributed by atoms with Gasteiger partial charge in [-0.1, -0.05) is 19.1 Å². The molecule has 1 atom stereocenters. The Labute approximate surface area is 124 Å². The molecule has 1 amide bonds. The van der Waals surface area contributed by atoms with Gasteiger partial charge in [-0.25, -0.2) is 4.98 Å². The first-order valence-electron chi connectivity index (χ1n) is 7.27. The molecule has 1 aromatic carbocycles. The van der Waals surface area contributed by atoms with Crippen LogP contribution in [-0.2, 0) is 17.8 Å². The Morgan fingerprint density at radius 1 is 1.29 bits per heavy atom. The van der Waals surface area contributed by atoms with E-state index in [1.165, 1.54) is 0 Å². The molecule has 0 N–H and O–H groups in total. The number of fused-ring (bicyclic) bond motifs is 1. The van der Waals surface area contributed by atoms with Crippen LogP contribution in [0.25, 0.3) is 0 Å². The van der Waals surface area contributed by atoms with Gasteiger partial charge in [0.15, 0.2) is 6.10 Å². The summed E-state index contributed by atoms with van der Waals surface area (Å²) in [7, 11) is 0. The van der Waals surface area contributed by atoms with Gasteiger partial charge >= 0.3 is 0 Å². The number of aromatic nitrogens is 2. The predicted octanol–water partition coefficient (Wildman–Crippen LogP) is 2.26. The largest absolute Gasteiger partial charge is 0.479 e. The van der Waals surface area contributed by atoms with Gasteiger partial charge in [-0.3, -0.25) is 4.79 Å². The summed E-state index contributed by atoms with van der Waals surface area (Å²) < 4.78 is 7.74. The Bertz CT molecular complexity index is 650. The second-order valence-electron chi connectivity index (χ2n) is 5.11. The summed E-state index contributed by atoms with van der Waals surface area (Å²) in [6.07, 6.45) is 4.21. The highest BCUT2D eigenvalue weighted by atomic mass is 16.5. The molecule has 2 aromatic rings. The molecule has 0 bridgehead atoms. The number of anilines is 1. The number of ether oxygens (including phenoxy) is 1. The second kappa shape index (κ2) is 5.60. The van der Waals surface area contributed by atoms with Crippen molar-refractivity contribution in [1.29, 1.82) is 0 Å². The average molecular weight is 285 g/mol. The van der Waals surface area contributed by atoms with Crippen molar-refractivity contribution in [3.05, 3.63) is 42.5 Å². The van der Waals surface area contributed by atoms with Gasteiger partial charge in [0, 0.05) is 31.9 Å². The SMILES string of the molecule is CCc1nccn1CCN1C(=O)C(C)Oc2ccccc21. The summed E-state index contributed by atoms with van der Waals surface area (Å²) in [5.74, 6) is 1.81. The maximum atomic E-state index is 12.4. The third-order valence-electron chi connectivity index (χ3n) is 3.76. The number of aryl methyl sites for hydroxylation is 1. The molecule has 0 saturated carbocycles. The molecule has 0 saturated heterocycles. The maximum Gasteiger partial charge on any atom is 0.267 e. The van der Waals surface area contributed by atoms with Crippen LogP contribution >= 0.6 is 0 Å². The number of rotatable bonds is 4. The van der Waals surface area contributed by atoms with Gasteiger partial charge in [0.2, 0.25) is 0 Å². The van der Waals surface area contributed by atoms with E-state index in [1.807, 2.05) is 35.4 Å². The van der Waals surface area contributed by atoms with Crippen molar-refractivity contribution in [2.24, 2.45) is 0 Å². The van der Waals surface area contributed by atoms with Crippen LogP contribution in [0, 0.1) is 0 Å². The molecule has 2 heterocycles. The van der Waals surface area contributed by atoms with Crippen molar-refractivity contribution in [3.8, 4) is 5.75 Å². The number of nitrogens with zero attached hydrogens (tertiary/aromatic N) is 3. The topological polar surface area (TPSA) is 47.4 Å². The Balaban J connectivity index is 1.82. The molecule has 1 aliphatic rings. The van der Waals surface area contributed by atoms with Crippen molar-refractivity contribution in [2.45, 2.75) is 32.9 Å². The van der Waals surface area contributed by atoms with Gasteiger partial charge in [-0.15, -0.1) is 0 Å². The van der Waals surface area contributed by atoms with Crippen molar-refractivity contribution in [1.82, 2.24) is 9.55 Å². The third kappa shape index (κ3) is 2.51. The molecular formula is C16H19N3O2. The molecule has 0 spiro atoms. The quantitative estimate of drug-likeness (QED) is 0.865. The van der Waals surface area contributed by atoms with Crippen LogP contribution in [0.4, 0.5) is 5.69 Å². The summed E-state index contributed by atoms with van der Waals surface area (Å²) in [6.45, 7) is 5.22. The van der Waals surface area contributed by atoms with Gasteiger partial charge in [0.25, 0.3) is 5.91 Å². The molecule has 5 nitrogen and oxygen atoms in total. The monoisotopic (exact) mass is 285 g/mol. The minimum absolute atomic E-state index is 0.00636. The predicted molar refractivity (Wildman–Crippen MR) is 80.5 cm³/mol. The van der Waals surface area contributed by atoms with Gasteiger partial charge in [-0.05, 0) is 19.1 Å². The van der Waals surface area contributed by atoms with Crippen molar-refractivity contribution in [2.75, 3.05) is 11.4 Å². The lowest BCUT2D eigenvalue weighted by Gasteiger charge is -2.33. The molecule has 0 fully saturated rings. The van der Waals surface area contributed by atoms with Crippen LogP contribution in [0.5, 0.6) is 5.75 Å². The number of carbonyl (C=O) groups excluding carboxylic acids is 1. The zero-order valence-corrected chi connectivity index (χ0v) is 12.3. The Morgan fingerprint density at radius 3 is 2.90 bits per heavy atom. The van der Waals surface area contributed by atoms with Crippen LogP contribution in [0.2, 0.25) is 0 Å². The summed E-state index contributed by atoms with van der Waals surface area (Å²) in [4.78, 5) is 18.5. The summed E-state index contributed by atoms with van der Waals surface area (Å²) in [6, 6.07) is 7.67. The molecule has 1 aliphatic heterocycles. The Kier molecular flexibility index (Phi) is 3.64. The number of imidazole rings is 1. The number of carbonyl (C=O) groups is 1. The van der Waals surface area contributed by atoms with Gasteiger partial charge in [0.1, 0.15) is 11.6 Å². The zero-order valence-electron chi connectivity index (χ0n) is 12.3. The molecule has 0 radical (unpaired) electrons. The van der Waals surface area contributed by atoms with E-state index in [4.69, 9.17) is 4.74 Å². The number of hydrogen-bond donors (Lipinski definition) is 0. The number of amides is 1. The molecule has 5 heteroatoms. The average Bonchev–Trinajstić information content (AvgIpc) is 2.95. The van der Waals surface area contributed by atoms with Gasteiger partial charge < -0.3 is 14.2 Å². The van der Waals surface area contributed by atoms with E-state index in [2.05, 4.69) is 16.5 Å². The third-order valence-corrected chi connectivity index (χ3v) is 3.76. The van der Waals surface area contributed by atoms with E-state index in [0.29, 0.717) is 6.54 Å². The Morgan fingerprint density at radius 2 is 2.10 bits per heavy atom. The highest BCUT2D eigenvalue weighted by molar-refractivity contribution is 5.99. The molecule has 0 aliphatic carbocycles. The number of para-hydroxylation sites is 2. The van der Waals surface area contributed by atoms with Gasteiger partial charge in [0.05, 0.1) is 5.69 Å². The highest BCUT2D eigenvalue weighted by Gasteiger charge is 2.30. The van der Waals surface area contributed by atoms with Crippen LogP contribution < -0.4 is 9.64 Å². The number of hydrogen-bond acceptors (Lipinski definition) is 3. The van der Waals surface area contributed by atoms with Crippen molar-refractivity contribution < 1.29 is 9.53 Å². The second-order valence-corrected chi connectivity index (χ2v) is 5.11. The fourth-order valence-corrected chi connectivity index (χ4v) is 2.66. The molecule has 1 unspecified atom stereocenters. The normalized spacial score (nSPS) is 17.5. The summed E-state index contributed by atoms with van der Waals surface area (Å²) in [5.41, 5.74) is 0.846. The van der Waals surface area contributed by atoms with Crippen LogP contribution in [0.15, 0.2) is 36.7 Å². The molecule has 110 valence electrons. The highest BCUT2D eigenvalue weighted by Crippen LogP contribution is 2.33. The molecule has 1 aromatic heterocycles. The van der Waals surface area contributed by atoms with E-state index in [9.17, 15) is 4.79 Å². The summed E-state index contributed by atoms with van der Waals surface area (Å²) in [5, 5.41) is 0. The first kappa shape index (κ1) is 13.7. The van der Waals surface area contributed by atoms with Crippen molar-refractivity contribution in [3.63, 3.8) is 0 Å². The van der Waals surface area contributed by atoms with E-state index in [0.717, 1.165) is 30.2 Å². The first-order valence-corrected chi connectivity index (χ1v) is 7.27. The maximum absolute atomic E-state index is 12.4. The first-order chi connectivity index (χ1) is 10.2. The lowest BCUT2D eigenvalue weighted by atomic mass is 10.2. The molecule has 3 rings (SSSR count). The minimum atomic E-state index is -0.437. The summed E-state index contributed by atoms with van der Waals surface area (Å²) >= 11 is 0. The van der Waals surface area contributed by atoms with E-state index in [-0.39, 0.29) is 5.91 Å². The standard InChI is InChI=1S/C16H19N3O2/c1-3-15-17-8-9-18(15)10-11-19-13-6-4-5-7-14(13)21-12(2)16(19)20/h4-9,12H,3,10-11H2,1-2H3. The van der Waals surface area contributed by atoms with E-state index >= 15 is 0 Å².